The SMILES string of the molecule is CCN1CC(C)N(S(=O)(=O)c2cc(C(=O)NC)n(C)c2)C(C)C1. The Bertz CT molecular complexity index is 671. The lowest BCUT2D eigenvalue weighted by atomic mass is 10.1. The lowest BCUT2D eigenvalue weighted by molar-refractivity contribution is 0.0955. The van der Waals surface area contributed by atoms with Crippen LogP contribution in [0.15, 0.2) is 17.2 Å². The third kappa shape index (κ3) is 3.29. The maximum atomic E-state index is 13.0. The van der Waals surface area contributed by atoms with Gasteiger partial charge in [-0.2, -0.15) is 4.31 Å². The number of hydrogen-bond donors (Lipinski definition) is 1. The number of piperazine rings is 1. The van der Waals surface area contributed by atoms with Crippen LogP contribution in [0, 0.1) is 0 Å². The molecule has 7 nitrogen and oxygen atoms in total. The van der Waals surface area contributed by atoms with Crippen molar-refractivity contribution in [3.05, 3.63) is 18.0 Å². The Morgan fingerprint density at radius 2 is 1.87 bits per heavy atom. The number of nitrogens with one attached hydrogen (secondary N) is 1. The van der Waals surface area contributed by atoms with Crippen LogP contribution in [0.1, 0.15) is 31.3 Å². The molecule has 130 valence electrons. The summed E-state index contributed by atoms with van der Waals surface area (Å²) in [5.41, 5.74) is 0.332. The number of nitrogens with zero attached hydrogens (tertiary/aromatic N) is 3. The van der Waals surface area contributed by atoms with Gasteiger partial charge in [-0.05, 0) is 26.5 Å². The Balaban J connectivity index is 2.37. The first-order valence-electron chi connectivity index (χ1n) is 7.86. The molecule has 0 radical (unpaired) electrons. The molecule has 2 rings (SSSR count). The van der Waals surface area contributed by atoms with Crippen molar-refractivity contribution in [1.29, 1.82) is 0 Å². The van der Waals surface area contributed by atoms with Crippen molar-refractivity contribution in [2.75, 3.05) is 26.7 Å². The van der Waals surface area contributed by atoms with E-state index in [2.05, 4.69) is 17.1 Å². The summed E-state index contributed by atoms with van der Waals surface area (Å²) in [4.78, 5) is 14.2. The molecule has 0 bridgehead atoms. The number of carbonyl (C=O) groups is 1. The molecule has 23 heavy (non-hydrogen) atoms. The summed E-state index contributed by atoms with van der Waals surface area (Å²) in [6.45, 7) is 8.28. The normalized spacial score (nSPS) is 23.9. The summed E-state index contributed by atoms with van der Waals surface area (Å²) >= 11 is 0. The van der Waals surface area contributed by atoms with Crippen molar-refractivity contribution in [2.24, 2.45) is 7.05 Å². The number of sulfonamides is 1. The molecule has 2 heterocycles. The van der Waals surface area contributed by atoms with Crippen LogP contribution in [0.5, 0.6) is 0 Å². The summed E-state index contributed by atoms with van der Waals surface area (Å²) in [6.07, 6.45) is 1.51. The van der Waals surface area contributed by atoms with Crippen molar-refractivity contribution in [3.63, 3.8) is 0 Å². The van der Waals surface area contributed by atoms with Crippen molar-refractivity contribution < 1.29 is 13.2 Å². The Hall–Kier alpha value is -1.38. The van der Waals surface area contributed by atoms with Gasteiger partial charge in [-0.15, -0.1) is 0 Å². The highest BCUT2D eigenvalue weighted by Gasteiger charge is 2.38. The first kappa shape index (κ1) is 18.0. The molecule has 1 aliphatic rings. The zero-order valence-electron chi connectivity index (χ0n) is 14.4. The van der Waals surface area contributed by atoms with Gasteiger partial charge in [0.25, 0.3) is 5.91 Å². The van der Waals surface area contributed by atoms with Gasteiger partial charge in [0.05, 0.1) is 0 Å². The van der Waals surface area contributed by atoms with Gasteiger partial charge in [0.2, 0.25) is 10.0 Å². The third-order valence-electron chi connectivity index (χ3n) is 4.38. The monoisotopic (exact) mass is 342 g/mol. The standard InChI is InChI=1S/C15H26N4O3S/c1-6-18-8-11(2)19(12(3)9-18)23(21,22)13-7-14(15(20)16-4)17(5)10-13/h7,10-12H,6,8-9H2,1-5H3,(H,16,20). The van der Waals surface area contributed by atoms with Gasteiger partial charge in [0, 0.05) is 45.5 Å². The fourth-order valence-electron chi connectivity index (χ4n) is 3.30. The molecular weight excluding hydrogens is 316 g/mol. The summed E-state index contributed by atoms with van der Waals surface area (Å²) in [5.74, 6) is -0.300. The Morgan fingerprint density at radius 3 is 2.35 bits per heavy atom. The Morgan fingerprint density at radius 1 is 1.30 bits per heavy atom. The minimum atomic E-state index is -3.63. The molecule has 1 aromatic rings. The van der Waals surface area contributed by atoms with Crippen LogP contribution in [0.2, 0.25) is 0 Å². The van der Waals surface area contributed by atoms with Gasteiger partial charge < -0.3 is 14.8 Å². The van der Waals surface area contributed by atoms with E-state index in [1.807, 2.05) is 13.8 Å². The molecule has 2 atom stereocenters. The zero-order valence-corrected chi connectivity index (χ0v) is 15.2. The summed E-state index contributed by atoms with van der Waals surface area (Å²) < 4.78 is 29.2. The van der Waals surface area contributed by atoms with Crippen molar-refractivity contribution in [2.45, 2.75) is 37.8 Å². The fraction of sp³-hybridized carbons (Fsp3) is 0.667. The molecule has 0 aromatic carbocycles. The van der Waals surface area contributed by atoms with Crippen LogP contribution >= 0.6 is 0 Å². The molecule has 0 saturated carbocycles. The van der Waals surface area contributed by atoms with Gasteiger partial charge in [0.15, 0.2) is 0 Å². The summed E-state index contributed by atoms with van der Waals surface area (Å²) in [5, 5.41) is 2.52. The van der Waals surface area contributed by atoms with E-state index in [4.69, 9.17) is 0 Å². The van der Waals surface area contributed by atoms with Gasteiger partial charge in [-0.1, -0.05) is 6.92 Å². The van der Waals surface area contributed by atoms with Crippen molar-refractivity contribution in [1.82, 2.24) is 19.1 Å². The largest absolute Gasteiger partial charge is 0.354 e. The Kier molecular flexibility index (Phi) is 5.17. The molecule has 1 fully saturated rings. The Labute approximate surface area is 138 Å². The van der Waals surface area contributed by atoms with E-state index >= 15 is 0 Å². The first-order valence-corrected chi connectivity index (χ1v) is 9.30. The minimum absolute atomic E-state index is 0.104. The van der Waals surface area contributed by atoms with E-state index in [0.717, 1.165) is 19.6 Å². The number of likely N-dealkylation sites (N-methyl/N-ethyl adjacent to an activating group) is 1. The van der Waals surface area contributed by atoms with Crippen molar-refractivity contribution >= 4 is 15.9 Å². The smallest absolute Gasteiger partial charge is 0.267 e. The highest BCUT2D eigenvalue weighted by atomic mass is 32.2. The van der Waals surface area contributed by atoms with Crippen LogP contribution in [0.25, 0.3) is 0 Å². The molecule has 8 heteroatoms. The number of rotatable bonds is 4. The average molecular weight is 342 g/mol. The van der Waals surface area contributed by atoms with Gasteiger partial charge in [-0.25, -0.2) is 8.42 Å². The summed E-state index contributed by atoms with van der Waals surface area (Å²) in [7, 11) is -0.432. The number of amides is 1. The fourth-order valence-corrected chi connectivity index (χ4v) is 5.18. The molecule has 1 saturated heterocycles. The quantitative estimate of drug-likeness (QED) is 0.864. The number of carbonyl (C=O) groups excluding carboxylic acids is 1. The summed E-state index contributed by atoms with van der Waals surface area (Å²) in [6, 6.07) is 1.24. The maximum Gasteiger partial charge on any atom is 0.267 e. The number of aryl methyl sites for hydroxylation is 1. The maximum absolute atomic E-state index is 13.0. The third-order valence-corrected chi connectivity index (χ3v) is 6.47. The van der Waals surface area contributed by atoms with Crippen LogP contribution in [-0.2, 0) is 17.1 Å². The lowest BCUT2D eigenvalue weighted by Crippen LogP contribution is -2.58. The van der Waals surface area contributed by atoms with E-state index in [9.17, 15) is 13.2 Å². The topological polar surface area (TPSA) is 74.7 Å². The van der Waals surface area contributed by atoms with E-state index in [0.29, 0.717) is 5.69 Å². The first-order chi connectivity index (χ1) is 10.7. The molecule has 0 aliphatic carbocycles. The average Bonchev–Trinajstić information content (AvgIpc) is 2.88. The van der Waals surface area contributed by atoms with Crippen LogP contribution in [0.3, 0.4) is 0 Å². The van der Waals surface area contributed by atoms with E-state index in [1.165, 1.54) is 19.3 Å². The van der Waals surface area contributed by atoms with Crippen LogP contribution in [0.4, 0.5) is 0 Å². The van der Waals surface area contributed by atoms with Crippen molar-refractivity contribution in [3.8, 4) is 0 Å². The second-order valence-corrected chi connectivity index (χ2v) is 7.98. The van der Waals surface area contributed by atoms with E-state index < -0.39 is 10.0 Å². The molecular formula is C15H26N4O3S. The molecule has 2 unspecified atom stereocenters. The van der Waals surface area contributed by atoms with Gasteiger partial charge >= 0.3 is 0 Å². The highest BCUT2D eigenvalue weighted by molar-refractivity contribution is 7.89. The number of aromatic nitrogens is 1. The van der Waals surface area contributed by atoms with E-state index in [1.54, 1.807) is 15.9 Å². The lowest BCUT2D eigenvalue weighted by Gasteiger charge is -2.42. The second kappa shape index (κ2) is 6.62. The zero-order chi connectivity index (χ0) is 17.4. The van der Waals surface area contributed by atoms with Gasteiger partial charge in [-0.3, -0.25) is 4.79 Å². The predicted molar refractivity (Wildman–Crippen MR) is 88.9 cm³/mol. The predicted octanol–water partition coefficient (Wildman–Crippen LogP) is 0.488. The molecule has 1 N–H and O–H groups in total. The second-order valence-electron chi connectivity index (χ2n) is 6.14. The minimum Gasteiger partial charge on any atom is -0.354 e. The molecule has 0 spiro atoms. The molecule has 1 aliphatic heterocycles. The molecule has 1 aromatic heterocycles. The number of hydrogen-bond acceptors (Lipinski definition) is 4. The van der Waals surface area contributed by atoms with Crippen LogP contribution in [-0.4, -0.2) is 66.9 Å². The highest BCUT2D eigenvalue weighted by Crippen LogP contribution is 2.26. The molecule has 1 amide bonds. The van der Waals surface area contributed by atoms with Gasteiger partial charge in [0.1, 0.15) is 10.6 Å². The van der Waals surface area contributed by atoms with E-state index in [-0.39, 0.29) is 22.9 Å². The van der Waals surface area contributed by atoms with Crippen LogP contribution < -0.4 is 5.32 Å².